The molecule has 0 fully saturated rings. The summed E-state index contributed by atoms with van der Waals surface area (Å²) in [5.41, 5.74) is 6.37. The molecular weight excluding hydrogens is 184 g/mol. The van der Waals surface area contributed by atoms with Crippen molar-refractivity contribution in [2.75, 3.05) is 13.1 Å². The highest BCUT2D eigenvalue weighted by Crippen LogP contribution is 2.24. The van der Waals surface area contributed by atoms with E-state index in [1.54, 1.807) is 0 Å². The van der Waals surface area contributed by atoms with Crippen LogP contribution >= 0.6 is 0 Å². The third kappa shape index (κ3) is 6.91. The Hall–Kier alpha value is -0.0800. The number of unbranched alkanes of at least 4 members (excludes halogenated alkanes) is 1. The molecule has 0 saturated carbocycles. The van der Waals surface area contributed by atoms with Gasteiger partial charge in [0.1, 0.15) is 0 Å². The molecule has 3 N–H and O–H groups in total. The first-order chi connectivity index (χ1) is 6.90. The van der Waals surface area contributed by atoms with E-state index in [-0.39, 0.29) is 0 Å². The molecule has 0 radical (unpaired) electrons. The van der Waals surface area contributed by atoms with Gasteiger partial charge in [-0.15, -0.1) is 0 Å². The number of hydrogen-bond acceptors (Lipinski definition) is 2. The minimum Gasteiger partial charge on any atom is -0.327 e. The van der Waals surface area contributed by atoms with Crippen LogP contribution in [0.2, 0.25) is 0 Å². The maximum absolute atomic E-state index is 6.00. The van der Waals surface area contributed by atoms with Gasteiger partial charge in [0, 0.05) is 19.1 Å². The fraction of sp³-hybridized carbons (Fsp3) is 1.00. The van der Waals surface area contributed by atoms with Gasteiger partial charge in [0.15, 0.2) is 0 Å². The Bertz CT molecular complexity index is 153. The molecular formula is C13H30N2. The van der Waals surface area contributed by atoms with Crippen LogP contribution in [0.4, 0.5) is 0 Å². The lowest BCUT2D eigenvalue weighted by Gasteiger charge is -2.30. The molecule has 0 aromatic rings. The average molecular weight is 214 g/mol. The molecule has 0 heterocycles. The van der Waals surface area contributed by atoms with E-state index in [0.29, 0.717) is 17.4 Å². The van der Waals surface area contributed by atoms with Crippen LogP contribution < -0.4 is 11.1 Å². The molecule has 1 atom stereocenters. The highest BCUT2D eigenvalue weighted by molar-refractivity contribution is 4.76. The standard InChI is InChI=1S/C13H30N2/c1-6-7-8-12(14)9-15-10-13(4,5)11(2)3/h11-12,15H,6-10,14H2,1-5H3. The summed E-state index contributed by atoms with van der Waals surface area (Å²) in [6.07, 6.45) is 3.63. The highest BCUT2D eigenvalue weighted by Gasteiger charge is 2.21. The zero-order valence-corrected chi connectivity index (χ0v) is 11.3. The Morgan fingerprint density at radius 3 is 2.33 bits per heavy atom. The maximum atomic E-state index is 6.00. The molecule has 0 amide bonds. The zero-order valence-electron chi connectivity index (χ0n) is 11.3. The predicted octanol–water partition coefficient (Wildman–Crippen LogP) is 2.78. The van der Waals surface area contributed by atoms with Crippen molar-refractivity contribution < 1.29 is 0 Å². The molecule has 1 unspecified atom stereocenters. The summed E-state index contributed by atoms with van der Waals surface area (Å²) in [6.45, 7) is 13.4. The molecule has 0 spiro atoms. The van der Waals surface area contributed by atoms with Crippen molar-refractivity contribution in [2.24, 2.45) is 17.1 Å². The van der Waals surface area contributed by atoms with Gasteiger partial charge in [-0.05, 0) is 17.8 Å². The molecule has 0 aliphatic carbocycles. The second kappa shape index (κ2) is 7.24. The van der Waals surface area contributed by atoms with E-state index in [9.17, 15) is 0 Å². The summed E-state index contributed by atoms with van der Waals surface area (Å²) in [7, 11) is 0. The first-order valence-corrected chi connectivity index (χ1v) is 6.36. The van der Waals surface area contributed by atoms with Crippen LogP contribution in [0.5, 0.6) is 0 Å². The molecule has 0 saturated heterocycles. The topological polar surface area (TPSA) is 38.0 Å². The largest absolute Gasteiger partial charge is 0.327 e. The van der Waals surface area contributed by atoms with Crippen LogP contribution in [-0.2, 0) is 0 Å². The molecule has 2 nitrogen and oxygen atoms in total. The third-order valence-corrected chi connectivity index (χ3v) is 3.48. The van der Waals surface area contributed by atoms with Crippen LogP contribution in [0.3, 0.4) is 0 Å². The van der Waals surface area contributed by atoms with E-state index < -0.39 is 0 Å². The maximum Gasteiger partial charge on any atom is 0.0165 e. The Balaban J connectivity index is 3.60. The lowest BCUT2D eigenvalue weighted by atomic mass is 9.81. The van der Waals surface area contributed by atoms with Gasteiger partial charge in [-0.1, -0.05) is 47.5 Å². The molecule has 0 rings (SSSR count). The van der Waals surface area contributed by atoms with E-state index in [1.807, 2.05) is 0 Å². The molecule has 92 valence electrons. The van der Waals surface area contributed by atoms with E-state index in [2.05, 4.69) is 39.9 Å². The molecule has 0 bridgehead atoms. The fourth-order valence-electron chi connectivity index (χ4n) is 1.35. The van der Waals surface area contributed by atoms with Crippen LogP contribution in [0.1, 0.15) is 53.9 Å². The van der Waals surface area contributed by atoms with Crippen LogP contribution in [0.25, 0.3) is 0 Å². The monoisotopic (exact) mass is 214 g/mol. The van der Waals surface area contributed by atoms with Crippen molar-refractivity contribution in [3.63, 3.8) is 0 Å². The SMILES string of the molecule is CCCCC(N)CNCC(C)(C)C(C)C. The van der Waals surface area contributed by atoms with E-state index in [1.165, 1.54) is 12.8 Å². The molecule has 0 aromatic carbocycles. The summed E-state index contributed by atoms with van der Waals surface area (Å²) in [5, 5.41) is 3.49. The van der Waals surface area contributed by atoms with Gasteiger partial charge in [0.25, 0.3) is 0 Å². The number of nitrogens with one attached hydrogen (secondary N) is 1. The van der Waals surface area contributed by atoms with Crippen molar-refractivity contribution >= 4 is 0 Å². The minimum atomic E-state index is 0.327. The van der Waals surface area contributed by atoms with E-state index >= 15 is 0 Å². The summed E-state index contributed by atoms with van der Waals surface area (Å²) < 4.78 is 0. The van der Waals surface area contributed by atoms with Gasteiger partial charge in [-0.3, -0.25) is 0 Å². The normalized spacial score (nSPS) is 14.6. The summed E-state index contributed by atoms with van der Waals surface area (Å²) in [6, 6.07) is 0.327. The quantitative estimate of drug-likeness (QED) is 0.652. The zero-order chi connectivity index (χ0) is 11.9. The van der Waals surface area contributed by atoms with Gasteiger partial charge in [-0.2, -0.15) is 0 Å². The number of hydrogen-bond donors (Lipinski definition) is 2. The van der Waals surface area contributed by atoms with E-state index in [0.717, 1.165) is 19.5 Å². The van der Waals surface area contributed by atoms with Gasteiger partial charge < -0.3 is 11.1 Å². The summed E-state index contributed by atoms with van der Waals surface area (Å²) in [5.74, 6) is 0.705. The smallest absolute Gasteiger partial charge is 0.0165 e. The molecule has 2 heteroatoms. The van der Waals surface area contributed by atoms with E-state index in [4.69, 9.17) is 5.73 Å². The van der Waals surface area contributed by atoms with Crippen molar-refractivity contribution in [3.8, 4) is 0 Å². The second-order valence-electron chi connectivity index (χ2n) is 5.68. The van der Waals surface area contributed by atoms with Crippen molar-refractivity contribution in [1.82, 2.24) is 5.32 Å². The Kier molecular flexibility index (Phi) is 7.20. The van der Waals surface area contributed by atoms with Crippen LogP contribution in [0, 0.1) is 11.3 Å². The first-order valence-electron chi connectivity index (χ1n) is 6.36. The molecule has 0 aromatic heterocycles. The predicted molar refractivity (Wildman–Crippen MR) is 69.0 cm³/mol. The van der Waals surface area contributed by atoms with Crippen molar-refractivity contribution in [1.29, 1.82) is 0 Å². The van der Waals surface area contributed by atoms with Crippen LogP contribution in [0.15, 0.2) is 0 Å². The van der Waals surface area contributed by atoms with Gasteiger partial charge in [0.05, 0.1) is 0 Å². The van der Waals surface area contributed by atoms with Crippen molar-refractivity contribution in [3.05, 3.63) is 0 Å². The van der Waals surface area contributed by atoms with Crippen LogP contribution in [-0.4, -0.2) is 19.1 Å². The van der Waals surface area contributed by atoms with Gasteiger partial charge >= 0.3 is 0 Å². The Morgan fingerprint density at radius 2 is 1.87 bits per heavy atom. The minimum absolute atomic E-state index is 0.327. The third-order valence-electron chi connectivity index (χ3n) is 3.48. The lowest BCUT2D eigenvalue weighted by molar-refractivity contribution is 0.236. The number of rotatable bonds is 8. The van der Waals surface area contributed by atoms with Crippen molar-refractivity contribution in [2.45, 2.75) is 59.9 Å². The lowest BCUT2D eigenvalue weighted by Crippen LogP contribution is -2.40. The molecule has 15 heavy (non-hydrogen) atoms. The fourth-order valence-corrected chi connectivity index (χ4v) is 1.35. The Labute approximate surface area is 96.0 Å². The van der Waals surface area contributed by atoms with Gasteiger partial charge in [-0.25, -0.2) is 0 Å². The summed E-state index contributed by atoms with van der Waals surface area (Å²) >= 11 is 0. The highest BCUT2D eigenvalue weighted by atomic mass is 14.9. The van der Waals surface area contributed by atoms with Gasteiger partial charge in [0.2, 0.25) is 0 Å². The first kappa shape index (κ1) is 14.9. The molecule has 0 aliphatic rings. The Morgan fingerprint density at radius 1 is 1.27 bits per heavy atom. The second-order valence-corrected chi connectivity index (χ2v) is 5.68. The average Bonchev–Trinajstić information content (AvgIpc) is 2.14. The summed E-state index contributed by atoms with van der Waals surface area (Å²) in [4.78, 5) is 0. The number of nitrogens with two attached hydrogens (primary N) is 1. The molecule has 0 aliphatic heterocycles.